The van der Waals surface area contributed by atoms with Crippen molar-refractivity contribution in [2.24, 2.45) is 7.05 Å². The maximum Gasteiger partial charge on any atom is 0.252 e. The topological polar surface area (TPSA) is 97.2 Å². The number of carbonyl (C=O) groups excluding carboxylic acids is 1. The quantitative estimate of drug-likeness (QED) is 0.843. The zero-order chi connectivity index (χ0) is 18.2. The minimum atomic E-state index is -3.30. The van der Waals surface area contributed by atoms with Crippen LogP contribution in [0.4, 0.5) is 0 Å². The molecule has 0 saturated carbocycles. The summed E-state index contributed by atoms with van der Waals surface area (Å²) < 4.78 is 27.6. The smallest absolute Gasteiger partial charge is 0.252 e. The highest BCUT2D eigenvalue weighted by Crippen LogP contribution is 2.21. The summed E-state index contributed by atoms with van der Waals surface area (Å²) in [5.41, 5.74) is 2.56. The van der Waals surface area contributed by atoms with Crippen molar-refractivity contribution in [2.75, 3.05) is 25.4 Å². The minimum absolute atomic E-state index is 0.0832. The monoisotopic (exact) mass is 365 g/mol. The number of nitrogens with zero attached hydrogens (tertiary/aromatic N) is 4. The molecule has 1 fully saturated rings. The van der Waals surface area contributed by atoms with E-state index in [-0.39, 0.29) is 18.2 Å². The molecule has 3 heterocycles. The third-order valence-corrected chi connectivity index (χ3v) is 6.32. The number of pyridine rings is 1. The molecule has 3 rings (SSSR count). The first-order chi connectivity index (χ1) is 11.8. The first-order valence-electron chi connectivity index (χ1n) is 8.36. The summed E-state index contributed by atoms with van der Waals surface area (Å²) in [6.07, 6.45) is 1.81. The van der Waals surface area contributed by atoms with E-state index in [1.165, 1.54) is 4.31 Å². The van der Waals surface area contributed by atoms with Gasteiger partial charge >= 0.3 is 0 Å². The molecule has 8 nitrogen and oxygen atoms in total. The van der Waals surface area contributed by atoms with Gasteiger partial charge in [-0.15, -0.1) is 0 Å². The number of amides is 1. The van der Waals surface area contributed by atoms with Gasteiger partial charge in [0.1, 0.15) is 0 Å². The van der Waals surface area contributed by atoms with E-state index in [1.807, 2.05) is 13.8 Å². The SMILES string of the molecule is Cc1cc(C(=O)NCCS(=O)(=O)N2CCCC2)c2c(C)nn(C)c2n1. The van der Waals surface area contributed by atoms with E-state index in [0.717, 1.165) is 18.5 Å². The summed E-state index contributed by atoms with van der Waals surface area (Å²) in [7, 11) is -1.52. The molecule has 136 valence electrons. The molecule has 0 bridgehead atoms. The fourth-order valence-corrected chi connectivity index (χ4v) is 4.67. The molecule has 0 aliphatic carbocycles. The number of aryl methyl sites for hydroxylation is 3. The molecule has 25 heavy (non-hydrogen) atoms. The van der Waals surface area contributed by atoms with E-state index in [2.05, 4.69) is 15.4 Å². The molecule has 2 aromatic heterocycles. The normalized spacial score (nSPS) is 15.8. The summed E-state index contributed by atoms with van der Waals surface area (Å²) in [4.78, 5) is 17.0. The Balaban J connectivity index is 1.75. The zero-order valence-corrected chi connectivity index (χ0v) is 15.6. The van der Waals surface area contributed by atoms with Crippen molar-refractivity contribution in [1.82, 2.24) is 24.4 Å². The summed E-state index contributed by atoms with van der Waals surface area (Å²) in [5, 5.41) is 7.74. The number of aromatic nitrogens is 3. The first-order valence-corrected chi connectivity index (χ1v) is 9.97. The van der Waals surface area contributed by atoms with Gasteiger partial charge in [-0.2, -0.15) is 5.10 Å². The lowest BCUT2D eigenvalue weighted by atomic mass is 10.1. The van der Waals surface area contributed by atoms with Gasteiger partial charge in [-0.1, -0.05) is 0 Å². The lowest BCUT2D eigenvalue weighted by Gasteiger charge is -2.15. The van der Waals surface area contributed by atoms with Crippen molar-refractivity contribution < 1.29 is 13.2 Å². The Kier molecular flexibility index (Phi) is 4.79. The standard InChI is InChI=1S/C16H23N5O3S/c1-11-10-13(14-12(2)19-20(3)15(14)18-11)16(22)17-6-9-25(23,24)21-7-4-5-8-21/h10H,4-9H2,1-3H3,(H,17,22). The Morgan fingerprint density at radius 2 is 1.96 bits per heavy atom. The number of sulfonamides is 1. The molecule has 0 spiro atoms. The Morgan fingerprint density at radius 1 is 1.28 bits per heavy atom. The van der Waals surface area contributed by atoms with Gasteiger partial charge in [0.15, 0.2) is 5.65 Å². The number of hydrogen-bond acceptors (Lipinski definition) is 5. The van der Waals surface area contributed by atoms with E-state index in [9.17, 15) is 13.2 Å². The Hall–Kier alpha value is -2.00. The van der Waals surface area contributed by atoms with Crippen LogP contribution < -0.4 is 5.32 Å². The molecule has 1 aliphatic rings. The van der Waals surface area contributed by atoms with Crippen LogP contribution in [0.2, 0.25) is 0 Å². The zero-order valence-electron chi connectivity index (χ0n) is 14.7. The first kappa shape index (κ1) is 17.8. The van der Waals surface area contributed by atoms with Gasteiger partial charge in [-0.25, -0.2) is 17.7 Å². The molecule has 1 N–H and O–H groups in total. The highest BCUT2D eigenvalue weighted by molar-refractivity contribution is 7.89. The van der Waals surface area contributed by atoms with Crippen LogP contribution in [0.3, 0.4) is 0 Å². The number of carbonyl (C=O) groups is 1. The Labute approximate surface area is 147 Å². The maximum absolute atomic E-state index is 12.6. The Morgan fingerprint density at radius 3 is 2.64 bits per heavy atom. The maximum atomic E-state index is 12.6. The molecule has 1 aliphatic heterocycles. The lowest BCUT2D eigenvalue weighted by molar-refractivity contribution is 0.0957. The van der Waals surface area contributed by atoms with Crippen molar-refractivity contribution in [2.45, 2.75) is 26.7 Å². The van der Waals surface area contributed by atoms with E-state index >= 15 is 0 Å². The van der Waals surface area contributed by atoms with Crippen molar-refractivity contribution >= 4 is 27.0 Å². The van der Waals surface area contributed by atoms with E-state index in [4.69, 9.17) is 0 Å². The highest BCUT2D eigenvalue weighted by atomic mass is 32.2. The molecular weight excluding hydrogens is 342 g/mol. The summed E-state index contributed by atoms with van der Waals surface area (Å²) in [6.45, 7) is 4.88. The van der Waals surface area contributed by atoms with Crippen LogP contribution in [0, 0.1) is 13.8 Å². The van der Waals surface area contributed by atoms with Gasteiger partial charge in [0.05, 0.1) is 22.4 Å². The molecule has 0 radical (unpaired) electrons. The van der Waals surface area contributed by atoms with E-state index in [1.54, 1.807) is 17.8 Å². The van der Waals surface area contributed by atoms with Gasteiger partial charge in [-0.3, -0.25) is 9.48 Å². The van der Waals surface area contributed by atoms with E-state index in [0.29, 0.717) is 35.4 Å². The second-order valence-electron chi connectivity index (χ2n) is 6.40. The third-order valence-electron chi connectivity index (χ3n) is 4.45. The van der Waals surface area contributed by atoms with Crippen LogP contribution in [-0.4, -0.2) is 58.8 Å². The molecular formula is C16H23N5O3S. The van der Waals surface area contributed by atoms with Gasteiger partial charge in [0.25, 0.3) is 5.91 Å². The van der Waals surface area contributed by atoms with Gasteiger partial charge < -0.3 is 5.32 Å². The number of nitrogens with one attached hydrogen (secondary N) is 1. The van der Waals surface area contributed by atoms with Crippen LogP contribution in [-0.2, 0) is 17.1 Å². The number of hydrogen-bond donors (Lipinski definition) is 1. The van der Waals surface area contributed by atoms with Gasteiger partial charge in [0, 0.05) is 32.4 Å². The van der Waals surface area contributed by atoms with Crippen molar-refractivity contribution in [3.05, 3.63) is 23.0 Å². The molecule has 0 aromatic carbocycles. The number of fused-ring (bicyclic) bond motifs is 1. The molecule has 1 saturated heterocycles. The minimum Gasteiger partial charge on any atom is -0.351 e. The second-order valence-corrected chi connectivity index (χ2v) is 8.49. The van der Waals surface area contributed by atoms with Crippen molar-refractivity contribution in [3.8, 4) is 0 Å². The van der Waals surface area contributed by atoms with Crippen LogP contribution in [0.25, 0.3) is 11.0 Å². The largest absolute Gasteiger partial charge is 0.351 e. The van der Waals surface area contributed by atoms with Gasteiger partial charge in [-0.05, 0) is 32.8 Å². The predicted octanol–water partition coefficient (Wildman–Crippen LogP) is 0.741. The third kappa shape index (κ3) is 3.52. The average molecular weight is 365 g/mol. The van der Waals surface area contributed by atoms with Crippen molar-refractivity contribution in [3.63, 3.8) is 0 Å². The van der Waals surface area contributed by atoms with E-state index < -0.39 is 10.0 Å². The second kappa shape index (κ2) is 6.72. The Bertz CT molecular complexity index is 913. The van der Waals surface area contributed by atoms with Crippen molar-refractivity contribution in [1.29, 1.82) is 0 Å². The summed E-state index contributed by atoms with van der Waals surface area (Å²) in [6, 6.07) is 1.71. The summed E-state index contributed by atoms with van der Waals surface area (Å²) in [5.74, 6) is -0.388. The molecule has 0 unspecified atom stereocenters. The fourth-order valence-electron chi connectivity index (χ4n) is 3.23. The van der Waals surface area contributed by atoms with Crippen LogP contribution in [0.1, 0.15) is 34.6 Å². The van der Waals surface area contributed by atoms with Gasteiger partial charge in [0.2, 0.25) is 10.0 Å². The molecule has 2 aromatic rings. The average Bonchev–Trinajstić information content (AvgIpc) is 3.16. The molecule has 0 atom stereocenters. The lowest BCUT2D eigenvalue weighted by Crippen LogP contribution is -2.36. The molecule has 9 heteroatoms. The highest BCUT2D eigenvalue weighted by Gasteiger charge is 2.25. The summed E-state index contributed by atoms with van der Waals surface area (Å²) >= 11 is 0. The fraction of sp³-hybridized carbons (Fsp3) is 0.562. The van der Waals surface area contributed by atoms with Crippen LogP contribution in [0.15, 0.2) is 6.07 Å². The van der Waals surface area contributed by atoms with Crippen LogP contribution in [0.5, 0.6) is 0 Å². The predicted molar refractivity (Wildman–Crippen MR) is 94.9 cm³/mol. The van der Waals surface area contributed by atoms with Crippen LogP contribution >= 0.6 is 0 Å². The molecule has 1 amide bonds. The number of rotatable bonds is 5.